The number of rotatable bonds is 7. The molecule has 0 aliphatic carbocycles. The van der Waals surface area contributed by atoms with Crippen molar-refractivity contribution in [2.75, 3.05) is 13.1 Å². The fourth-order valence-electron chi connectivity index (χ4n) is 4.13. The van der Waals surface area contributed by atoms with Crippen LogP contribution in [0.5, 0.6) is 0 Å². The number of likely N-dealkylation sites (tertiary alicyclic amines) is 1. The summed E-state index contributed by atoms with van der Waals surface area (Å²) in [6.07, 6.45) is 1.04. The van der Waals surface area contributed by atoms with Gasteiger partial charge in [0.15, 0.2) is 0 Å². The largest absolute Gasteiger partial charge is 0.480 e. The number of ether oxygens (including phenoxy) is 1. The SMILES string of the molecule is CC(NC(=O)OC(C)(C)C)C(=O)N1C[C@H](CCCB2OC(C)(C)C(C)(C)O2)[C@](N)(C(=O)O)C1. The number of hydrogen-bond donors (Lipinski definition) is 3. The number of carboxylic acids is 1. The fourth-order valence-corrected chi connectivity index (χ4v) is 4.13. The number of carbonyl (C=O) groups is 3. The molecule has 0 bridgehead atoms. The summed E-state index contributed by atoms with van der Waals surface area (Å²) in [6.45, 7) is 14.7. The number of nitrogens with one attached hydrogen (secondary N) is 1. The van der Waals surface area contributed by atoms with Crippen molar-refractivity contribution in [1.29, 1.82) is 0 Å². The summed E-state index contributed by atoms with van der Waals surface area (Å²) in [5.41, 5.74) is 3.16. The van der Waals surface area contributed by atoms with E-state index in [-0.39, 0.29) is 20.2 Å². The van der Waals surface area contributed by atoms with E-state index >= 15 is 0 Å². The van der Waals surface area contributed by atoms with Crippen molar-refractivity contribution in [1.82, 2.24) is 10.2 Å². The quantitative estimate of drug-likeness (QED) is 0.481. The van der Waals surface area contributed by atoms with Crippen LogP contribution in [0.15, 0.2) is 0 Å². The first kappa shape index (κ1) is 27.4. The van der Waals surface area contributed by atoms with Crippen molar-refractivity contribution in [2.24, 2.45) is 11.7 Å². The van der Waals surface area contributed by atoms with Crippen LogP contribution in [-0.2, 0) is 23.6 Å². The van der Waals surface area contributed by atoms with Gasteiger partial charge in [-0.15, -0.1) is 0 Å². The molecule has 0 aromatic carbocycles. The van der Waals surface area contributed by atoms with Crippen molar-refractivity contribution in [2.45, 2.75) is 103 Å². The molecule has 2 saturated heterocycles. The summed E-state index contributed by atoms with van der Waals surface area (Å²) in [7, 11) is -0.371. The Kier molecular flexibility index (Phi) is 7.82. The predicted octanol–water partition coefficient (Wildman–Crippen LogP) is 2.01. The van der Waals surface area contributed by atoms with E-state index in [0.717, 1.165) is 0 Å². The molecule has 2 rings (SSSR count). The Hall–Kier alpha value is -1.85. The van der Waals surface area contributed by atoms with Crippen molar-refractivity contribution >= 4 is 25.1 Å². The summed E-state index contributed by atoms with van der Waals surface area (Å²) in [6, 6.07) is -0.874. The van der Waals surface area contributed by atoms with Crippen molar-refractivity contribution in [3.05, 3.63) is 0 Å². The van der Waals surface area contributed by atoms with E-state index in [0.29, 0.717) is 19.2 Å². The number of carbonyl (C=O) groups excluding carboxylic acids is 2. The first-order chi connectivity index (χ1) is 14.9. The second-order valence-corrected chi connectivity index (χ2v) is 11.2. The number of nitrogens with zero attached hydrogens (tertiary/aromatic N) is 1. The third kappa shape index (κ3) is 6.39. The summed E-state index contributed by atoms with van der Waals surface area (Å²) >= 11 is 0. The molecular formula is C22H40BN3O7. The maximum atomic E-state index is 12.9. The van der Waals surface area contributed by atoms with E-state index < -0.39 is 52.3 Å². The highest BCUT2D eigenvalue weighted by molar-refractivity contribution is 6.45. The van der Waals surface area contributed by atoms with E-state index in [2.05, 4.69) is 5.32 Å². The van der Waals surface area contributed by atoms with Crippen LogP contribution in [0.1, 0.15) is 68.2 Å². The summed E-state index contributed by atoms with van der Waals surface area (Å²) in [5, 5.41) is 12.3. The van der Waals surface area contributed by atoms with Crippen molar-refractivity contribution in [3.8, 4) is 0 Å². The summed E-state index contributed by atoms with van der Waals surface area (Å²) in [4.78, 5) is 38.3. The van der Waals surface area contributed by atoms with Gasteiger partial charge in [0.05, 0.1) is 11.2 Å². The van der Waals surface area contributed by atoms with Crippen LogP contribution in [0.2, 0.25) is 6.32 Å². The zero-order valence-electron chi connectivity index (χ0n) is 21.2. The zero-order chi connectivity index (χ0) is 25.4. The molecule has 11 heteroatoms. The third-order valence-corrected chi connectivity index (χ3v) is 6.73. The van der Waals surface area contributed by atoms with E-state index in [1.165, 1.54) is 11.8 Å². The minimum atomic E-state index is -1.56. The molecule has 10 nitrogen and oxygen atoms in total. The van der Waals surface area contributed by atoms with Gasteiger partial charge in [-0.3, -0.25) is 9.59 Å². The van der Waals surface area contributed by atoms with Crippen LogP contribution in [-0.4, -0.2) is 76.6 Å². The Morgan fingerprint density at radius 3 is 2.24 bits per heavy atom. The number of hydrogen-bond acceptors (Lipinski definition) is 7. The van der Waals surface area contributed by atoms with E-state index in [1.54, 1.807) is 20.8 Å². The van der Waals surface area contributed by atoms with Gasteiger partial charge >= 0.3 is 19.2 Å². The lowest BCUT2D eigenvalue weighted by molar-refractivity contribution is -0.144. The van der Waals surface area contributed by atoms with Gasteiger partial charge in [-0.2, -0.15) is 0 Å². The molecule has 3 atom stereocenters. The lowest BCUT2D eigenvalue weighted by Gasteiger charge is -2.32. The molecule has 2 heterocycles. The number of carboxylic acid groups (broad SMARTS) is 1. The van der Waals surface area contributed by atoms with Crippen LogP contribution >= 0.6 is 0 Å². The minimum Gasteiger partial charge on any atom is -0.480 e. The van der Waals surface area contributed by atoms with Gasteiger partial charge in [0.2, 0.25) is 5.91 Å². The van der Waals surface area contributed by atoms with Gasteiger partial charge in [-0.1, -0.05) is 6.42 Å². The maximum Gasteiger partial charge on any atom is 0.457 e. The molecule has 33 heavy (non-hydrogen) atoms. The fraction of sp³-hybridized carbons (Fsp3) is 0.864. The molecule has 2 amide bonds. The van der Waals surface area contributed by atoms with Crippen LogP contribution in [0.25, 0.3) is 0 Å². The molecular weight excluding hydrogens is 429 g/mol. The summed E-state index contributed by atoms with van der Waals surface area (Å²) in [5.74, 6) is -1.98. The molecule has 0 spiro atoms. The molecule has 0 radical (unpaired) electrons. The highest BCUT2D eigenvalue weighted by atomic mass is 16.7. The number of aliphatic carboxylic acids is 1. The van der Waals surface area contributed by atoms with Gasteiger partial charge in [0.25, 0.3) is 0 Å². The molecule has 0 aromatic heterocycles. The van der Waals surface area contributed by atoms with Gasteiger partial charge in [0.1, 0.15) is 17.2 Å². The number of alkyl carbamates (subject to hydrolysis) is 1. The Balaban J connectivity index is 1.96. The Morgan fingerprint density at radius 2 is 1.76 bits per heavy atom. The lowest BCUT2D eigenvalue weighted by Crippen LogP contribution is -2.55. The Labute approximate surface area is 197 Å². The minimum absolute atomic E-state index is 0.122. The molecule has 188 valence electrons. The van der Waals surface area contributed by atoms with Crippen molar-refractivity contribution in [3.63, 3.8) is 0 Å². The normalized spacial score (nSPS) is 27.4. The second kappa shape index (κ2) is 9.42. The standard InChI is InChI=1S/C22H40BN3O7/c1-14(25-18(30)31-19(2,3)4)16(27)26-12-15(22(24,13-26)17(28)29)10-9-11-23-32-20(5,6)21(7,8)33-23/h14-15H,9-13,24H2,1-8H3,(H,25,30)(H,28,29)/t14?,15-,22-/m0/s1. The topological polar surface area (TPSA) is 140 Å². The summed E-state index contributed by atoms with van der Waals surface area (Å²) < 4.78 is 17.2. The zero-order valence-corrected chi connectivity index (χ0v) is 21.2. The third-order valence-electron chi connectivity index (χ3n) is 6.73. The molecule has 1 unspecified atom stereocenters. The smallest absolute Gasteiger partial charge is 0.457 e. The van der Waals surface area contributed by atoms with E-state index in [9.17, 15) is 19.5 Å². The van der Waals surface area contributed by atoms with Crippen LogP contribution in [0, 0.1) is 5.92 Å². The average molecular weight is 469 g/mol. The van der Waals surface area contributed by atoms with Crippen LogP contribution in [0.4, 0.5) is 4.79 Å². The monoisotopic (exact) mass is 469 g/mol. The van der Waals surface area contributed by atoms with E-state index in [4.69, 9.17) is 19.8 Å². The highest BCUT2D eigenvalue weighted by Crippen LogP contribution is 2.39. The maximum absolute atomic E-state index is 12.9. The van der Waals surface area contributed by atoms with Crippen LogP contribution in [0.3, 0.4) is 0 Å². The molecule has 2 aliphatic rings. The molecule has 2 fully saturated rings. The van der Waals surface area contributed by atoms with E-state index in [1.807, 2.05) is 27.7 Å². The van der Waals surface area contributed by atoms with Crippen LogP contribution < -0.4 is 11.1 Å². The molecule has 0 saturated carbocycles. The Bertz CT molecular complexity index is 752. The second-order valence-electron chi connectivity index (χ2n) is 11.2. The van der Waals surface area contributed by atoms with Gasteiger partial charge in [-0.05, 0) is 68.1 Å². The van der Waals surface area contributed by atoms with Gasteiger partial charge in [0, 0.05) is 19.0 Å². The molecule has 2 aliphatic heterocycles. The predicted molar refractivity (Wildman–Crippen MR) is 124 cm³/mol. The number of nitrogens with two attached hydrogens (primary N) is 1. The first-order valence-electron chi connectivity index (χ1n) is 11.5. The van der Waals surface area contributed by atoms with Gasteiger partial charge in [-0.25, -0.2) is 4.79 Å². The average Bonchev–Trinajstić information content (AvgIpc) is 3.06. The first-order valence-corrected chi connectivity index (χ1v) is 11.5. The van der Waals surface area contributed by atoms with Gasteiger partial charge < -0.3 is 35.1 Å². The van der Waals surface area contributed by atoms with Crippen molar-refractivity contribution < 1.29 is 33.5 Å². The highest BCUT2D eigenvalue weighted by Gasteiger charge is 2.53. The molecule has 0 aromatic rings. The molecule has 4 N–H and O–H groups in total. The lowest BCUT2D eigenvalue weighted by atomic mass is 9.78. The number of amides is 2. The Morgan fingerprint density at radius 1 is 1.21 bits per heavy atom.